The van der Waals surface area contributed by atoms with E-state index in [1.165, 1.54) is 0 Å². The molecule has 1 N–H and O–H groups in total. The summed E-state index contributed by atoms with van der Waals surface area (Å²) in [5.41, 5.74) is 1.99. The molecule has 0 amide bonds. The monoisotopic (exact) mass is 251 g/mol. The minimum atomic E-state index is 0.601. The maximum atomic E-state index is 4.49. The zero-order valence-corrected chi connectivity index (χ0v) is 10.3. The lowest BCUT2D eigenvalue weighted by molar-refractivity contribution is 0.841. The highest BCUT2D eigenvalue weighted by Gasteiger charge is 2.01. The van der Waals surface area contributed by atoms with Gasteiger partial charge in [-0.3, -0.25) is 0 Å². The summed E-state index contributed by atoms with van der Waals surface area (Å²) in [4.78, 5) is 8.20. The van der Waals surface area contributed by atoms with Gasteiger partial charge in [0.05, 0.1) is 17.9 Å². The molecule has 0 aliphatic carbocycles. The lowest BCUT2D eigenvalue weighted by Gasteiger charge is -2.02. The average molecular weight is 251 g/mol. The van der Waals surface area contributed by atoms with Gasteiger partial charge in [0, 0.05) is 18.6 Å². The molecule has 1 aromatic carbocycles. The van der Waals surface area contributed by atoms with Crippen molar-refractivity contribution in [3.05, 3.63) is 66.7 Å². The molecule has 3 rings (SSSR count). The van der Waals surface area contributed by atoms with Gasteiger partial charge in [-0.25, -0.2) is 14.6 Å². The van der Waals surface area contributed by atoms with Crippen molar-refractivity contribution < 1.29 is 0 Å². The molecule has 0 aliphatic rings. The molecular formula is C14H13N5. The Labute approximate surface area is 111 Å². The van der Waals surface area contributed by atoms with Crippen LogP contribution in [0, 0.1) is 0 Å². The van der Waals surface area contributed by atoms with Gasteiger partial charge in [0.2, 0.25) is 5.95 Å². The quantitative estimate of drug-likeness (QED) is 0.773. The molecule has 0 saturated carbocycles. The van der Waals surface area contributed by atoms with E-state index >= 15 is 0 Å². The zero-order valence-electron chi connectivity index (χ0n) is 10.3. The second-order valence-electron chi connectivity index (χ2n) is 4.01. The van der Waals surface area contributed by atoms with Gasteiger partial charge < -0.3 is 5.32 Å². The third-order valence-electron chi connectivity index (χ3n) is 2.66. The van der Waals surface area contributed by atoms with E-state index in [4.69, 9.17) is 0 Å². The van der Waals surface area contributed by atoms with Crippen LogP contribution in [0.25, 0.3) is 5.69 Å². The molecule has 0 saturated heterocycles. The van der Waals surface area contributed by atoms with Crippen LogP contribution in [0.5, 0.6) is 0 Å². The molecule has 2 aromatic heterocycles. The summed E-state index contributed by atoms with van der Waals surface area (Å²) in [7, 11) is 0. The van der Waals surface area contributed by atoms with E-state index in [2.05, 4.69) is 20.4 Å². The van der Waals surface area contributed by atoms with E-state index in [1.807, 2.05) is 47.3 Å². The summed E-state index contributed by atoms with van der Waals surface area (Å²) < 4.78 is 1.85. The maximum Gasteiger partial charge on any atom is 0.222 e. The van der Waals surface area contributed by atoms with Crippen LogP contribution in [-0.4, -0.2) is 19.7 Å². The van der Waals surface area contributed by atoms with Crippen molar-refractivity contribution in [3.8, 4) is 5.69 Å². The van der Waals surface area contributed by atoms with Crippen LogP contribution in [0.4, 0.5) is 5.95 Å². The van der Waals surface area contributed by atoms with E-state index in [9.17, 15) is 0 Å². The molecule has 3 aromatic rings. The van der Waals surface area contributed by atoms with Crippen LogP contribution in [0.2, 0.25) is 0 Å². The number of rotatable bonds is 4. The van der Waals surface area contributed by atoms with Crippen molar-refractivity contribution in [2.45, 2.75) is 6.54 Å². The Morgan fingerprint density at radius 2 is 1.74 bits per heavy atom. The number of nitrogens with zero attached hydrogens (tertiary/aromatic N) is 4. The predicted octanol–water partition coefficient (Wildman–Crippen LogP) is 2.27. The zero-order chi connectivity index (χ0) is 12.9. The van der Waals surface area contributed by atoms with E-state index in [0.717, 1.165) is 11.4 Å². The topological polar surface area (TPSA) is 55.6 Å². The molecule has 19 heavy (non-hydrogen) atoms. The largest absolute Gasteiger partial charge is 0.348 e. The highest BCUT2D eigenvalue weighted by Crippen LogP contribution is 2.07. The molecular weight excluding hydrogens is 238 g/mol. The van der Waals surface area contributed by atoms with Crippen molar-refractivity contribution in [2.75, 3.05) is 5.32 Å². The van der Waals surface area contributed by atoms with Gasteiger partial charge >= 0.3 is 0 Å². The summed E-state index contributed by atoms with van der Waals surface area (Å²) in [6.45, 7) is 0.601. The molecule has 0 unspecified atom stereocenters. The summed E-state index contributed by atoms with van der Waals surface area (Å²) in [6, 6.07) is 13.8. The van der Waals surface area contributed by atoms with Crippen molar-refractivity contribution >= 4 is 5.95 Å². The van der Waals surface area contributed by atoms with Gasteiger partial charge in [-0.1, -0.05) is 18.2 Å². The first-order chi connectivity index (χ1) is 9.42. The van der Waals surface area contributed by atoms with Crippen LogP contribution in [0.15, 0.2) is 61.1 Å². The summed E-state index contributed by atoms with van der Waals surface area (Å²) in [6.07, 6.45) is 5.36. The first-order valence-electron chi connectivity index (χ1n) is 6.03. The number of hydrogen-bond donors (Lipinski definition) is 1. The lowest BCUT2D eigenvalue weighted by atomic mass is 10.3. The molecule has 0 bridgehead atoms. The Kier molecular flexibility index (Phi) is 3.18. The van der Waals surface area contributed by atoms with Crippen LogP contribution in [-0.2, 0) is 6.54 Å². The average Bonchev–Trinajstić information content (AvgIpc) is 2.96. The lowest BCUT2D eigenvalue weighted by Crippen LogP contribution is -2.04. The SMILES string of the molecule is c1ccc(-n2ccc(CNc3ncccn3)n2)cc1. The third-order valence-corrected chi connectivity index (χ3v) is 2.66. The number of nitrogens with one attached hydrogen (secondary N) is 1. The van der Waals surface area contributed by atoms with E-state index in [0.29, 0.717) is 12.5 Å². The standard InChI is InChI=1S/C14H13N5/c1-2-5-13(6-3-1)19-10-7-12(18-19)11-17-14-15-8-4-9-16-14/h1-10H,11H2,(H,15,16,17). The Morgan fingerprint density at radius 1 is 0.947 bits per heavy atom. The second kappa shape index (κ2) is 5.30. The van der Waals surface area contributed by atoms with Gasteiger partial charge in [-0.2, -0.15) is 5.10 Å². The van der Waals surface area contributed by atoms with Crippen molar-refractivity contribution in [1.82, 2.24) is 19.7 Å². The summed E-state index contributed by atoms with van der Waals surface area (Å²) in [5, 5.41) is 7.62. The van der Waals surface area contributed by atoms with Gasteiger partial charge in [-0.05, 0) is 24.3 Å². The number of para-hydroxylation sites is 1. The Hall–Kier alpha value is -2.69. The maximum absolute atomic E-state index is 4.49. The molecule has 2 heterocycles. The van der Waals surface area contributed by atoms with Crippen LogP contribution in [0.1, 0.15) is 5.69 Å². The van der Waals surface area contributed by atoms with Gasteiger partial charge in [-0.15, -0.1) is 0 Å². The van der Waals surface area contributed by atoms with E-state index < -0.39 is 0 Å². The molecule has 0 atom stereocenters. The van der Waals surface area contributed by atoms with Gasteiger partial charge in [0.15, 0.2) is 0 Å². The number of hydrogen-bond acceptors (Lipinski definition) is 4. The fraction of sp³-hybridized carbons (Fsp3) is 0.0714. The van der Waals surface area contributed by atoms with Crippen molar-refractivity contribution in [3.63, 3.8) is 0 Å². The van der Waals surface area contributed by atoms with E-state index in [1.54, 1.807) is 18.5 Å². The Balaban J connectivity index is 1.69. The van der Waals surface area contributed by atoms with Crippen LogP contribution >= 0.6 is 0 Å². The molecule has 0 spiro atoms. The van der Waals surface area contributed by atoms with E-state index in [-0.39, 0.29) is 0 Å². The fourth-order valence-corrected chi connectivity index (χ4v) is 1.74. The number of aromatic nitrogens is 4. The minimum Gasteiger partial charge on any atom is -0.348 e. The molecule has 5 nitrogen and oxygen atoms in total. The number of benzene rings is 1. The van der Waals surface area contributed by atoms with Crippen LogP contribution < -0.4 is 5.32 Å². The molecule has 94 valence electrons. The smallest absolute Gasteiger partial charge is 0.222 e. The first kappa shape index (κ1) is 11.4. The molecule has 0 fully saturated rings. The molecule has 0 radical (unpaired) electrons. The molecule has 5 heteroatoms. The second-order valence-corrected chi connectivity index (χ2v) is 4.01. The normalized spacial score (nSPS) is 10.3. The van der Waals surface area contributed by atoms with Crippen molar-refractivity contribution in [1.29, 1.82) is 0 Å². The molecule has 0 aliphatic heterocycles. The Bertz CT molecular complexity index is 633. The number of anilines is 1. The van der Waals surface area contributed by atoms with Gasteiger partial charge in [0.1, 0.15) is 0 Å². The Morgan fingerprint density at radius 3 is 2.53 bits per heavy atom. The summed E-state index contributed by atoms with van der Waals surface area (Å²) >= 11 is 0. The van der Waals surface area contributed by atoms with Crippen molar-refractivity contribution in [2.24, 2.45) is 0 Å². The summed E-state index contributed by atoms with van der Waals surface area (Å²) in [5.74, 6) is 0.608. The highest BCUT2D eigenvalue weighted by molar-refractivity contribution is 5.31. The minimum absolute atomic E-state index is 0.601. The highest BCUT2D eigenvalue weighted by atomic mass is 15.3. The predicted molar refractivity (Wildman–Crippen MR) is 72.9 cm³/mol. The fourth-order valence-electron chi connectivity index (χ4n) is 1.74. The third kappa shape index (κ3) is 2.77. The van der Waals surface area contributed by atoms with Gasteiger partial charge in [0.25, 0.3) is 0 Å². The van der Waals surface area contributed by atoms with Crippen LogP contribution in [0.3, 0.4) is 0 Å². The first-order valence-corrected chi connectivity index (χ1v) is 6.03.